The van der Waals surface area contributed by atoms with E-state index in [4.69, 9.17) is 0 Å². The maximum atomic E-state index is 2.54. The molecule has 0 radical (unpaired) electrons. The van der Waals surface area contributed by atoms with Crippen molar-refractivity contribution in [1.82, 2.24) is 18.3 Å². The Bertz CT molecular complexity index is 6810. The Kier molecular flexibility index (Phi) is 13.8. The maximum absolute atomic E-state index is 2.54. The molecule has 0 bridgehead atoms. The van der Waals surface area contributed by atoms with Crippen molar-refractivity contribution in [1.29, 1.82) is 0 Å². The maximum Gasteiger partial charge on any atom is 0.0629 e. The summed E-state index contributed by atoms with van der Waals surface area (Å²) < 4.78 is 9.70. The normalized spacial score (nSPS) is 14.1. The highest BCUT2D eigenvalue weighted by molar-refractivity contribution is 6.15. The molecular formula is C102H67N5. The zero-order valence-electron chi connectivity index (χ0n) is 58.4. The number of allylic oxidation sites excluding steroid dienone is 2. The molecule has 5 heterocycles. The molecule has 0 saturated carbocycles. The van der Waals surface area contributed by atoms with Crippen LogP contribution in [0.3, 0.4) is 0 Å². The number of nitrogens with zero attached hydrogens (tertiary/aromatic N) is 5. The summed E-state index contributed by atoms with van der Waals surface area (Å²) in [6.45, 7) is 0. The number of fused-ring (bicyclic) bond motifs is 15. The summed E-state index contributed by atoms with van der Waals surface area (Å²) >= 11 is 0. The van der Waals surface area contributed by atoms with E-state index in [1.165, 1.54) is 160 Å². The Hall–Kier alpha value is -14.0. The fourth-order valence-electron chi connectivity index (χ4n) is 17.9. The number of benzene rings is 16. The first-order valence-electron chi connectivity index (χ1n) is 37.1. The van der Waals surface area contributed by atoms with Gasteiger partial charge in [0.15, 0.2) is 0 Å². The van der Waals surface area contributed by atoms with Gasteiger partial charge in [0.1, 0.15) is 0 Å². The molecule has 500 valence electrons. The van der Waals surface area contributed by atoms with Gasteiger partial charge >= 0.3 is 0 Å². The van der Waals surface area contributed by atoms with Gasteiger partial charge in [-0.2, -0.15) is 0 Å². The van der Waals surface area contributed by atoms with Crippen LogP contribution in [0.2, 0.25) is 0 Å². The Morgan fingerprint density at radius 1 is 0.178 bits per heavy atom. The highest BCUT2D eigenvalue weighted by atomic mass is 15.2. The Morgan fingerprint density at radius 3 is 1.02 bits per heavy atom. The second-order valence-corrected chi connectivity index (χ2v) is 28.7. The van der Waals surface area contributed by atoms with Gasteiger partial charge in [-0.05, 0) is 212 Å². The number of aromatic nitrogens is 4. The third-order valence-electron chi connectivity index (χ3n) is 22.9. The van der Waals surface area contributed by atoms with Crippen molar-refractivity contribution in [3.63, 3.8) is 0 Å². The first kappa shape index (κ1) is 60.6. The van der Waals surface area contributed by atoms with Gasteiger partial charge in [0, 0.05) is 83.1 Å². The van der Waals surface area contributed by atoms with E-state index >= 15 is 0 Å². The van der Waals surface area contributed by atoms with Crippen molar-refractivity contribution in [3.05, 3.63) is 400 Å². The number of hydrogen-bond acceptors (Lipinski definition) is 1. The predicted molar refractivity (Wildman–Crippen MR) is 450 cm³/mol. The second kappa shape index (κ2) is 24.3. The fraction of sp³-hybridized carbons (Fsp3) is 0.0196. The van der Waals surface area contributed by atoms with Gasteiger partial charge in [0.25, 0.3) is 0 Å². The minimum Gasteiger partial charge on any atom is -0.333 e. The zero-order chi connectivity index (χ0) is 70.2. The highest BCUT2D eigenvalue weighted by Crippen LogP contribution is 2.50. The number of rotatable bonds is 11. The Labute approximate surface area is 619 Å². The Morgan fingerprint density at radius 2 is 0.495 bits per heavy atom. The third kappa shape index (κ3) is 9.78. The van der Waals surface area contributed by atoms with E-state index in [0.29, 0.717) is 0 Å². The molecule has 107 heavy (non-hydrogen) atoms. The van der Waals surface area contributed by atoms with Gasteiger partial charge in [0.2, 0.25) is 0 Å². The van der Waals surface area contributed by atoms with Gasteiger partial charge in [-0.25, -0.2) is 0 Å². The number of anilines is 2. The molecule has 22 rings (SSSR count). The van der Waals surface area contributed by atoms with E-state index in [0.717, 1.165) is 33.8 Å². The summed E-state index contributed by atoms with van der Waals surface area (Å²) in [5.41, 5.74) is 32.1. The molecule has 5 nitrogen and oxygen atoms in total. The lowest BCUT2D eigenvalue weighted by atomic mass is 9.89. The monoisotopic (exact) mass is 1360 g/mol. The van der Waals surface area contributed by atoms with Crippen molar-refractivity contribution in [3.8, 4) is 89.5 Å². The molecule has 0 spiro atoms. The van der Waals surface area contributed by atoms with Gasteiger partial charge in [-0.15, -0.1) is 0 Å². The molecule has 5 heteroatoms. The van der Waals surface area contributed by atoms with Gasteiger partial charge in [0.05, 0.1) is 50.2 Å². The molecule has 0 amide bonds. The summed E-state index contributed by atoms with van der Waals surface area (Å²) in [5, 5.41) is 9.89. The lowest BCUT2D eigenvalue weighted by Gasteiger charge is -2.28. The molecule has 4 aromatic heterocycles. The summed E-state index contributed by atoms with van der Waals surface area (Å²) in [6.07, 6.45) is 9.18. The number of para-hydroxylation sites is 5. The van der Waals surface area contributed by atoms with Crippen LogP contribution in [-0.4, -0.2) is 24.3 Å². The smallest absolute Gasteiger partial charge is 0.0629 e. The molecule has 1 aliphatic heterocycles. The van der Waals surface area contributed by atoms with Gasteiger partial charge in [-0.3, -0.25) is 0 Å². The van der Waals surface area contributed by atoms with Crippen LogP contribution < -0.4 is 4.90 Å². The van der Waals surface area contributed by atoms with Crippen LogP contribution in [0.4, 0.5) is 11.4 Å². The molecular weight excluding hydrogens is 1300 g/mol. The first-order chi connectivity index (χ1) is 53.0. The molecule has 0 fully saturated rings. The minimum atomic E-state index is 0.172. The average molecular weight is 1360 g/mol. The van der Waals surface area contributed by atoms with E-state index in [2.05, 4.69) is 418 Å². The predicted octanol–water partition coefficient (Wildman–Crippen LogP) is 26.8. The van der Waals surface area contributed by atoms with Crippen LogP contribution in [0, 0.1) is 0 Å². The highest BCUT2D eigenvalue weighted by Gasteiger charge is 2.38. The fourth-order valence-corrected chi connectivity index (χ4v) is 17.9. The van der Waals surface area contributed by atoms with Gasteiger partial charge < -0.3 is 23.2 Å². The quantitative estimate of drug-likeness (QED) is 0.127. The van der Waals surface area contributed by atoms with Crippen LogP contribution in [0.1, 0.15) is 11.5 Å². The molecule has 1 aliphatic carbocycles. The lowest BCUT2D eigenvalue weighted by molar-refractivity contribution is 0.745. The SMILES string of the molecule is C1=CC2c3cc(-c4ccc5c(c4)c4ccccc4n5-c4cccc(-c5ccccc5)c4)ccc3N(c3ccc(-c4ccc(-c5ccc(-n6c7ccc(-c8ccc9c%10ccccc%10n(-c%10ccccc%10)c9c8)cc7c7cc(-c8ccc9c%10ccccc%10n(-c%10ccccc%10)c9c8)ccc76)cc5)cc4)cc3)C2C=C1. The largest absolute Gasteiger partial charge is 0.333 e. The molecule has 2 atom stereocenters. The van der Waals surface area contributed by atoms with E-state index in [9.17, 15) is 0 Å². The van der Waals surface area contributed by atoms with Crippen molar-refractivity contribution in [2.75, 3.05) is 4.90 Å². The molecule has 2 aliphatic rings. The second-order valence-electron chi connectivity index (χ2n) is 28.7. The standard InChI is InChI=1S/C102H67N5/c1-4-19-66(20-5-1)71-21-18-26-82(59-71)107-96-34-17-13-30-86(96)90-61-73(46-56-98(90)107)72-45-55-97-89(60-72)85-29-12-16-33-95(85)103(97)80-49-39-69(40-50-80)67-35-37-68(38-36-67)70-41-51-81(52-42-70)104-99-57-47-74(76-43-53-87-83-27-10-14-31-93(83)105(101(87)64-76)78-22-6-2-7-23-78)62-91(99)92-63-75(48-58-100(92)104)77-44-54-88-84-28-11-15-32-94(84)106(102(88)65-77)79-24-8-3-9-25-79/h1-65,85,95H. The number of hydrogen-bond donors (Lipinski definition) is 0. The van der Waals surface area contributed by atoms with Crippen molar-refractivity contribution in [2.45, 2.75) is 12.0 Å². The van der Waals surface area contributed by atoms with Crippen LogP contribution in [-0.2, 0) is 0 Å². The summed E-state index contributed by atoms with van der Waals surface area (Å²) in [6, 6.07) is 137. The summed E-state index contributed by atoms with van der Waals surface area (Å²) in [4.78, 5) is 2.54. The van der Waals surface area contributed by atoms with E-state index in [-0.39, 0.29) is 12.0 Å². The molecule has 16 aromatic carbocycles. The van der Waals surface area contributed by atoms with E-state index < -0.39 is 0 Å². The zero-order valence-corrected chi connectivity index (χ0v) is 58.4. The van der Waals surface area contributed by atoms with Crippen LogP contribution in [0.15, 0.2) is 394 Å². The summed E-state index contributed by atoms with van der Waals surface area (Å²) in [7, 11) is 0. The Balaban J connectivity index is 0.575. The van der Waals surface area contributed by atoms with Gasteiger partial charge in [-0.1, -0.05) is 255 Å². The van der Waals surface area contributed by atoms with Crippen molar-refractivity contribution in [2.24, 2.45) is 0 Å². The molecule has 2 unspecified atom stereocenters. The lowest BCUT2D eigenvalue weighted by Crippen LogP contribution is -2.28. The van der Waals surface area contributed by atoms with Crippen molar-refractivity contribution < 1.29 is 0 Å². The topological polar surface area (TPSA) is 23.0 Å². The molecule has 0 N–H and O–H groups in total. The first-order valence-corrected chi connectivity index (χ1v) is 37.1. The van der Waals surface area contributed by atoms with E-state index in [1.54, 1.807) is 0 Å². The van der Waals surface area contributed by atoms with Crippen LogP contribution in [0.5, 0.6) is 0 Å². The summed E-state index contributed by atoms with van der Waals surface area (Å²) in [5.74, 6) is 0.227. The van der Waals surface area contributed by atoms with Crippen LogP contribution in [0.25, 0.3) is 177 Å². The average Bonchev–Trinajstić information content (AvgIpc) is 1.58. The molecule has 0 saturated heterocycles. The minimum absolute atomic E-state index is 0.172. The third-order valence-corrected chi connectivity index (χ3v) is 22.9. The van der Waals surface area contributed by atoms with Crippen molar-refractivity contribution >= 4 is 98.6 Å². The van der Waals surface area contributed by atoms with Crippen LogP contribution >= 0.6 is 0 Å². The molecule has 20 aromatic rings. The van der Waals surface area contributed by atoms with E-state index in [1.807, 2.05) is 0 Å².